The number of hydrogen-bond acceptors (Lipinski definition) is 5. The van der Waals surface area contributed by atoms with Crippen LogP contribution in [0.15, 0.2) is 46.2 Å². The van der Waals surface area contributed by atoms with Crippen molar-refractivity contribution >= 4 is 17.3 Å². The van der Waals surface area contributed by atoms with Gasteiger partial charge in [-0.15, -0.1) is 11.3 Å². The monoisotopic (exact) mass is 331 g/mol. The Morgan fingerprint density at radius 3 is 2.74 bits per heavy atom. The molecule has 3 rings (SSSR count). The Hall–Kier alpha value is -2.47. The van der Waals surface area contributed by atoms with Gasteiger partial charge in [0.05, 0.1) is 4.88 Å². The van der Waals surface area contributed by atoms with Crippen molar-refractivity contribution in [2.45, 2.75) is 19.8 Å². The molecule has 0 aliphatic heterocycles. The van der Waals surface area contributed by atoms with Gasteiger partial charge in [-0.2, -0.15) is 4.98 Å². The van der Waals surface area contributed by atoms with Crippen LogP contribution in [0.1, 0.15) is 19.8 Å². The molecule has 0 unspecified atom stereocenters. The molecular formula is C17H14FNO3S. The van der Waals surface area contributed by atoms with Gasteiger partial charge in [0, 0.05) is 12.0 Å². The predicted molar refractivity (Wildman–Crippen MR) is 85.8 cm³/mol. The molecule has 0 fully saturated rings. The third-order valence-electron chi connectivity index (χ3n) is 3.10. The highest BCUT2D eigenvalue weighted by molar-refractivity contribution is 7.13. The van der Waals surface area contributed by atoms with Crippen LogP contribution in [-0.2, 0) is 4.79 Å². The Labute approximate surface area is 136 Å². The summed E-state index contributed by atoms with van der Waals surface area (Å²) in [5, 5.41) is 1.90. The fraction of sp³-hybridized carbons (Fsp3) is 0.176. The van der Waals surface area contributed by atoms with Crippen LogP contribution in [-0.4, -0.2) is 11.0 Å². The lowest BCUT2D eigenvalue weighted by atomic mass is 10.2. The zero-order valence-corrected chi connectivity index (χ0v) is 13.2. The normalized spacial score (nSPS) is 10.7. The second-order valence-electron chi connectivity index (χ2n) is 4.86. The fourth-order valence-electron chi connectivity index (χ4n) is 2.02. The number of rotatable bonds is 5. The average molecular weight is 331 g/mol. The first kappa shape index (κ1) is 15.4. The summed E-state index contributed by atoms with van der Waals surface area (Å²) >= 11 is 1.46. The van der Waals surface area contributed by atoms with Crippen molar-refractivity contribution in [3.63, 3.8) is 0 Å². The van der Waals surface area contributed by atoms with Gasteiger partial charge in [-0.05, 0) is 42.1 Å². The Bertz CT molecular complexity index is 794. The van der Waals surface area contributed by atoms with Crippen molar-refractivity contribution in [2.24, 2.45) is 0 Å². The van der Waals surface area contributed by atoms with Gasteiger partial charge in [-0.3, -0.25) is 4.79 Å². The molecule has 0 bridgehead atoms. The first-order valence-corrected chi connectivity index (χ1v) is 8.06. The number of carbonyl (C=O) groups excluding carboxylic acids is 1. The van der Waals surface area contributed by atoms with Crippen molar-refractivity contribution < 1.29 is 18.3 Å². The lowest BCUT2D eigenvalue weighted by Gasteiger charge is -2.00. The number of halogens is 1. The maximum absolute atomic E-state index is 13.0. The van der Waals surface area contributed by atoms with Crippen molar-refractivity contribution in [2.75, 3.05) is 0 Å². The first-order valence-electron chi connectivity index (χ1n) is 7.18. The van der Waals surface area contributed by atoms with Crippen LogP contribution in [0.4, 0.5) is 4.39 Å². The van der Waals surface area contributed by atoms with Crippen LogP contribution >= 0.6 is 11.3 Å². The van der Waals surface area contributed by atoms with E-state index in [1.807, 2.05) is 24.4 Å². The first-order chi connectivity index (χ1) is 11.2. The maximum atomic E-state index is 13.0. The molecule has 0 atom stereocenters. The molecule has 2 heterocycles. The largest absolute Gasteiger partial charge is 0.431 e. The number of hydrogen-bond donors (Lipinski definition) is 0. The van der Waals surface area contributed by atoms with Gasteiger partial charge in [-0.1, -0.05) is 13.0 Å². The van der Waals surface area contributed by atoms with Gasteiger partial charge >= 0.3 is 5.97 Å². The zero-order chi connectivity index (χ0) is 16.2. The number of nitrogens with zero attached hydrogens (tertiary/aromatic N) is 1. The van der Waals surface area contributed by atoms with E-state index in [9.17, 15) is 9.18 Å². The van der Waals surface area contributed by atoms with Gasteiger partial charge in [0.15, 0.2) is 0 Å². The maximum Gasteiger partial charge on any atom is 0.312 e. The highest BCUT2D eigenvalue weighted by Crippen LogP contribution is 2.37. The lowest BCUT2D eigenvalue weighted by Crippen LogP contribution is -2.07. The molecule has 1 aromatic carbocycles. The molecule has 0 aliphatic rings. The van der Waals surface area contributed by atoms with E-state index in [0.29, 0.717) is 24.2 Å². The topological polar surface area (TPSA) is 52.3 Å². The van der Waals surface area contributed by atoms with E-state index in [2.05, 4.69) is 4.98 Å². The Morgan fingerprint density at radius 2 is 2.09 bits per heavy atom. The highest BCUT2D eigenvalue weighted by atomic mass is 32.1. The molecule has 0 spiro atoms. The molecule has 0 saturated heterocycles. The molecule has 0 aliphatic carbocycles. The molecule has 0 N–H and O–H groups in total. The van der Waals surface area contributed by atoms with Crippen LogP contribution in [0.25, 0.3) is 22.1 Å². The minimum Gasteiger partial charge on any atom is -0.431 e. The molecule has 0 saturated carbocycles. The number of ether oxygens (including phenoxy) is 1. The Balaban J connectivity index is 1.99. The van der Waals surface area contributed by atoms with Crippen molar-refractivity contribution in [1.29, 1.82) is 0 Å². The third kappa shape index (κ3) is 3.48. The summed E-state index contributed by atoms with van der Waals surface area (Å²) in [7, 11) is 0. The van der Waals surface area contributed by atoms with E-state index in [4.69, 9.17) is 9.15 Å². The van der Waals surface area contributed by atoms with Crippen molar-refractivity contribution in [3.8, 4) is 28.0 Å². The van der Waals surface area contributed by atoms with E-state index < -0.39 is 0 Å². The molecule has 3 aromatic rings. The third-order valence-corrected chi connectivity index (χ3v) is 3.97. The summed E-state index contributed by atoms with van der Waals surface area (Å²) in [5.41, 5.74) is 0.613. The van der Waals surface area contributed by atoms with E-state index >= 15 is 0 Å². The molecule has 0 amide bonds. The van der Waals surface area contributed by atoms with Crippen LogP contribution in [0.5, 0.6) is 5.88 Å². The van der Waals surface area contributed by atoms with Gasteiger partial charge < -0.3 is 9.15 Å². The fourth-order valence-corrected chi connectivity index (χ4v) is 2.71. The summed E-state index contributed by atoms with van der Waals surface area (Å²) < 4.78 is 24.1. The highest BCUT2D eigenvalue weighted by Gasteiger charge is 2.20. The van der Waals surface area contributed by atoms with E-state index in [0.717, 1.165) is 4.88 Å². The number of benzene rings is 1. The number of esters is 1. The Kier molecular flexibility index (Phi) is 4.52. The summed E-state index contributed by atoms with van der Waals surface area (Å²) in [6, 6.07) is 9.52. The molecule has 0 radical (unpaired) electrons. The second kappa shape index (κ2) is 6.75. The smallest absolute Gasteiger partial charge is 0.312 e. The number of thiophene rings is 1. The molecule has 23 heavy (non-hydrogen) atoms. The van der Waals surface area contributed by atoms with Crippen molar-refractivity contribution in [1.82, 2.24) is 4.98 Å². The van der Waals surface area contributed by atoms with Gasteiger partial charge in [0.25, 0.3) is 5.88 Å². The number of oxazole rings is 1. The standard InChI is InChI=1S/C17H14FNO3S/c1-2-4-14(20)21-17-15(13-5-3-10-23-13)22-16(19-17)11-6-8-12(18)9-7-11/h3,5-10H,2,4H2,1H3. The SMILES string of the molecule is CCCC(=O)Oc1nc(-c2ccc(F)cc2)oc1-c1cccs1. The summed E-state index contributed by atoms with van der Waals surface area (Å²) in [6.45, 7) is 1.90. The van der Waals surface area contributed by atoms with E-state index in [1.165, 1.54) is 23.5 Å². The molecule has 6 heteroatoms. The minimum atomic E-state index is -0.357. The second-order valence-corrected chi connectivity index (χ2v) is 5.81. The Morgan fingerprint density at radius 1 is 1.30 bits per heavy atom. The van der Waals surface area contributed by atoms with Crippen LogP contribution in [0.3, 0.4) is 0 Å². The summed E-state index contributed by atoms with van der Waals surface area (Å²) in [5.74, 6) is 0.138. The lowest BCUT2D eigenvalue weighted by molar-refractivity contribution is -0.134. The predicted octanol–water partition coefficient (Wildman–Crippen LogP) is 4.91. The van der Waals surface area contributed by atoms with Crippen LogP contribution < -0.4 is 4.74 Å². The summed E-state index contributed by atoms with van der Waals surface area (Å²) in [4.78, 5) is 16.8. The van der Waals surface area contributed by atoms with Gasteiger partial charge in [0.1, 0.15) is 5.82 Å². The number of aromatic nitrogens is 1. The van der Waals surface area contributed by atoms with Crippen molar-refractivity contribution in [3.05, 3.63) is 47.6 Å². The van der Waals surface area contributed by atoms with Gasteiger partial charge in [-0.25, -0.2) is 4.39 Å². The number of carbonyl (C=O) groups is 1. The minimum absolute atomic E-state index is 0.144. The zero-order valence-electron chi connectivity index (χ0n) is 12.4. The van der Waals surface area contributed by atoms with E-state index in [-0.39, 0.29) is 23.6 Å². The molecule has 118 valence electrons. The van der Waals surface area contributed by atoms with Crippen LogP contribution in [0.2, 0.25) is 0 Å². The molecule has 2 aromatic heterocycles. The molecule has 4 nitrogen and oxygen atoms in total. The van der Waals surface area contributed by atoms with Crippen LogP contribution in [0, 0.1) is 5.82 Å². The van der Waals surface area contributed by atoms with E-state index in [1.54, 1.807) is 12.1 Å². The molecular weight excluding hydrogens is 317 g/mol. The summed E-state index contributed by atoms with van der Waals surface area (Å²) in [6.07, 6.45) is 0.998. The quantitative estimate of drug-likeness (QED) is 0.623. The average Bonchev–Trinajstić information content (AvgIpc) is 3.17. The van der Waals surface area contributed by atoms with Gasteiger partial charge in [0.2, 0.25) is 11.7 Å².